The number of H-pyrrole nitrogens is 1. The van der Waals surface area contributed by atoms with E-state index < -0.39 is 0 Å². The van der Waals surface area contributed by atoms with E-state index in [1.165, 1.54) is 5.56 Å². The molecule has 0 saturated carbocycles. The van der Waals surface area contributed by atoms with E-state index in [0.29, 0.717) is 24.3 Å². The van der Waals surface area contributed by atoms with E-state index in [9.17, 15) is 9.59 Å². The van der Waals surface area contributed by atoms with E-state index >= 15 is 0 Å². The normalized spacial score (nSPS) is 18.2. The Labute approximate surface area is 190 Å². The van der Waals surface area contributed by atoms with Crippen LogP contribution in [-0.4, -0.2) is 89.9 Å². The van der Waals surface area contributed by atoms with Gasteiger partial charge in [0.1, 0.15) is 5.69 Å². The molecular weight excluding hydrogens is 404 g/mol. The molecule has 7 heteroatoms. The van der Waals surface area contributed by atoms with Gasteiger partial charge in [-0.3, -0.25) is 19.4 Å². The molecule has 1 unspecified atom stereocenters. The number of amides is 1. The van der Waals surface area contributed by atoms with Gasteiger partial charge < -0.3 is 14.6 Å². The van der Waals surface area contributed by atoms with Crippen molar-refractivity contribution in [1.82, 2.24) is 19.7 Å². The number of carbonyl (C=O) groups is 2. The summed E-state index contributed by atoms with van der Waals surface area (Å²) in [6.45, 7) is 9.09. The largest absolute Gasteiger partial charge is 0.379 e. The molecule has 1 aromatic carbocycles. The number of carbonyl (C=O) groups excluding carboxylic acids is 2. The molecule has 2 saturated heterocycles. The molecule has 3 heterocycles. The molecule has 32 heavy (non-hydrogen) atoms. The Morgan fingerprint density at radius 3 is 2.53 bits per heavy atom. The first-order valence-electron chi connectivity index (χ1n) is 11.7. The summed E-state index contributed by atoms with van der Waals surface area (Å²) in [7, 11) is 0. The lowest BCUT2D eigenvalue weighted by molar-refractivity contribution is 0.0236. The number of ether oxygens (including phenoxy) is 1. The van der Waals surface area contributed by atoms with Gasteiger partial charge in [0, 0.05) is 57.1 Å². The number of aromatic amines is 1. The van der Waals surface area contributed by atoms with Crippen LogP contribution in [-0.2, 0) is 11.3 Å². The van der Waals surface area contributed by atoms with E-state index in [0.717, 1.165) is 58.8 Å². The predicted molar refractivity (Wildman–Crippen MR) is 124 cm³/mol. The quantitative estimate of drug-likeness (QED) is 0.610. The van der Waals surface area contributed by atoms with Crippen molar-refractivity contribution in [3.63, 3.8) is 0 Å². The average molecular weight is 439 g/mol. The number of nitrogens with zero attached hydrogens (tertiary/aromatic N) is 3. The fourth-order valence-electron chi connectivity index (χ4n) is 4.50. The van der Waals surface area contributed by atoms with E-state index in [4.69, 9.17) is 4.74 Å². The standard InChI is InChI=1S/C25H34N4O3/c1-20(17-27-11-13-32-14-12-27)29(18-21-7-3-2-4-8-21)19-24(30)22-15-23(26-16-22)25(31)28-9-5-6-10-28/h2-4,7-8,15-16,20,26H,5-6,9-14,17-19H2,1H3. The first-order valence-corrected chi connectivity index (χ1v) is 11.7. The summed E-state index contributed by atoms with van der Waals surface area (Å²) < 4.78 is 5.47. The number of hydrogen-bond donors (Lipinski definition) is 1. The molecular formula is C25H34N4O3. The van der Waals surface area contributed by atoms with Crippen molar-refractivity contribution in [2.24, 2.45) is 0 Å². The summed E-state index contributed by atoms with van der Waals surface area (Å²) in [6.07, 6.45) is 3.78. The van der Waals surface area contributed by atoms with Crippen LogP contribution >= 0.6 is 0 Å². The van der Waals surface area contributed by atoms with E-state index in [1.807, 2.05) is 23.1 Å². The Bertz CT molecular complexity index is 886. The maximum absolute atomic E-state index is 13.2. The van der Waals surface area contributed by atoms with Crippen LogP contribution in [0.15, 0.2) is 42.6 Å². The van der Waals surface area contributed by atoms with E-state index in [-0.39, 0.29) is 17.7 Å². The third-order valence-corrected chi connectivity index (χ3v) is 6.45. The molecule has 2 aliphatic heterocycles. The van der Waals surface area contributed by atoms with Gasteiger partial charge >= 0.3 is 0 Å². The van der Waals surface area contributed by atoms with Crippen LogP contribution in [0.3, 0.4) is 0 Å². The van der Waals surface area contributed by atoms with Crippen LogP contribution < -0.4 is 0 Å². The Hall–Kier alpha value is -2.48. The molecule has 0 bridgehead atoms. The van der Waals surface area contributed by atoms with Crippen LogP contribution in [0, 0.1) is 0 Å². The number of nitrogens with one attached hydrogen (secondary N) is 1. The van der Waals surface area contributed by atoms with Gasteiger partial charge in [-0.2, -0.15) is 0 Å². The number of likely N-dealkylation sites (tertiary alicyclic amines) is 1. The van der Waals surface area contributed by atoms with Gasteiger partial charge in [-0.25, -0.2) is 0 Å². The highest BCUT2D eigenvalue weighted by atomic mass is 16.5. The Kier molecular flexibility index (Phi) is 7.73. The van der Waals surface area contributed by atoms with Gasteiger partial charge in [0.15, 0.2) is 5.78 Å². The molecule has 1 atom stereocenters. The number of Topliss-reactive ketones (excluding diaryl/α,β-unsaturated/α-hetero) is 1. The molecule has 0 spiro atoms. The molecule has 2 aromatic rings. The SMILES string of the molecule is CC(CN1CCOCC1)N(CC(=O)c1c[nH]c(C(=O)N2CCCC2)c1)Cc1ccccc1. The number of rotatable bonds is 9. The fourth-order valence-corrected chi connectivity index (χ4v) is 4.50. The third-order valence-electron chi connectivity index (χ3n) is 6.45. The zero-order chi connectivity index (χ0) is 22.3. The maximum Gasteiger partial charge on any atom is 0.270 e. The molecule has 1 amide bonds. The van der Waals surface area contributed by atoms with Crippen LogP contribution in [0.2, 0.25) is 0 Å². The van der Waals surface area contributed by atoms with Gasteiger partial charge in [-0.15, -0.1) is 0 Å². The lowest BCUT2D eigenvalue weighted by atomic mass is 10.1. The number of benzene rings is 1. The summed E-state index contributed by atoms with van der Waals surface area (Å²) in [5, 5.41) is 0. The Balaban J connectivity index is 1.43. The van der Waals surface area contributed by atoms with Crippen molar-refractivity contribution in [2.75, 3.05) is 52.5 Å². The lowest BCUT2D eigenvalue weighted by Gasteiger charge is -2.34. The van der Waals surface area contributed by atoms with Crippen LogP contribution in [0.4, 0.5) is 0 Å². The maximum atomic E-state index is 13.2. The van der Waals surface area contributed by atoms with Crippen LogP contribution in [0.1, 0.15) is 46.2 Å². The summed E-state index contributed by atoms with van der Waals surface area (Å²) in [4.78, 5) is 35.3. The minimum Gasteiger partial charge on any atom is -0.379 e. The minimum absolute atomic E-state index is 0.0108. The fraction of sp³-hybridized carbons (Fsp3) is 0.520. The molecule has 2 fully saturated rings. The summed E-state index contributed by atoms with van der Waals surface area (Å²) in [5.41, 5.74) is 2.27. The molecule has 0 aliphatic carbocycles. The van der Waals surface area contributed by atoms with Gasteiger partial charge in [0.25, 0.3) is 5.91 Å². The van der Waals surface area contributed by atoms with Gasteiger partial charge in [-0.05, 0) is 31.4 Å². The van der Waals surface area contributed by atoms with Crippen molar-refractivity contribution in [3.05, 3.63) is 59.4 Å². The van der Waals surface area contributed by atoms with Crippen LogP contribution in [0.25, 0.3) is 0 Å². The van der Waals surface area contributed by atoms with Gasteiger partial charge in [0.05, 0.1) is 19.8 Å². The molecule has 4 rings (SSSR count). The molecule has 7 nitrogen and oxygen atoms in total. The Morgan fingerprint density at radius 2 is 1.81 bits per heavy atom. The lowest BCUT2D eigenvalue weighted by Crippen LogP contribution is -2.47. The van der Waals surface area contributed by atoms with E-state index in [2.05, 4.69) is 33.8 Å². The van der Waals surface area contributed by atoms with Crippen molar-refractivity contribution in [3.8, 4) is 0 Å². The number of hydrogen-bond acceptors (Lipinski definition) is 5. The second-order valence-electron chi connectivity index (χ2n) is 8.88. The second-order valence-corrected chi connectivity index (χ2v) is 8.88. The zero-order valence-corrected chi connectivity index (χ0v) is 19.0. The average Bonchev–Trinajstić information content (AvgIpc) is 3.52. The number of ketones is 1. The topological polar surface area (TPSA) is 68.9 Å². The number of morpholine rings is 1. The first-order chi connectivity index (χ1) is 15.6. The predicted octanol–water partition coefficient (Wildman–Crippen LogP) is 2.66. The highest BCUT2D eigenvalue weighted by Crippen LogP contribution is 2.16. The molecule has 172 valence electrons. The monoisotopic (exact) mass is 438 g/mol. The highest BCUT2D eigenvalue weighted by Gasteiger charge is 2.25. The third kappa shape index (κ3) is 5.85. The molecule has 2 aliphatic rings. The smallest absolute Gasteiger partial charge is 0.270 e. The van der Waals surface area contributed by atoms with Crippen molar-refractivity contribution < 1.29 is 14.3 Å². The summed E-state index contributed by atoms with van der Waals surface area (Å²) >= 11 is 0. The van der Waals surface area contributed by atoms with Crippen LogP contribution in [0.5, 0.6) is 0 Å². The van der Waals surface area contributed by atoms with Gasteiger partial charge in [-0.1, -0.05) is 30.3 Å². The van der Waals surface area contributed by atoms with E-state index in [1.54, 1.807) is 12.3 Å². The summed E-state index contributed by atoms with van der Waals surface area (Å²) in [6, 6.07) is 12.2. The number of aromatic nitrogens is 1. The summed E-state index contributed by atoms with van der Waals surface area (Å²) in [5.74, 6) is 0.0230. The molecule has 1 aromatic heterocycles. The molecule has 0 radical (unpaired) electrons. The second kappa shape index (κ2) is 10.9. The van der Waals surface area contributed by atoms with Crippen molar-refractivity contribution in [2.45, 2.75) is 32.4 Å². The molecule has 1 N–H and O–H groups in total. The Morgan fingerprint density at radius 1 is 1.09 bits per heavy atom. The highest BCUT2D eigenvalue weighted by molar-refractivity contribution is 6.01. The van der Waals surface area contributed by atoms with Crippen molar-refractivity contribution in [1.29, 1.82) is 0 Å². The minimum atomic E-state index is -0.0108. The zero-order valence-electron chi connectivity index (χ0n) is 19.0. The first kappa shape index (κ1) is 22.7. The van der Waals surface area contributed by atoms with Crippen molar-refractivity contribution >= 4 is 11.7 Å². The van der Waals surface area contributed by atoms with Gasteiger partial charge in [0.2, 0.25) is 0 Å².